The van der Waals surface area contributed by atoms with Crippen molar-refractivity contribution in [1.82, 2.24) is 14.7 Å². The third-order valence-corrected chi connectivity index (χ3v) is 2.75. The first-order chi connectivity index (χ1) is 9.52. The highest BCUT2D eigenvalue weighted by Gasteiger charge is 2.08. The van der Waals surface area contributed by atoms with Gasteiger partial charge in [0.25, 0.3) is 0 Å². The summed E-state index contributed by atoms with van der Waals surface area (Å²) in [5, 5.41) is 6.80. The second-order valence-corrected chi connectivity index (χ2v) is 4.75. The van der Waals surface area contributed by atoms with E-state index in [1.165, 1.54) is 24.3 Å². The van der Waals surface area contributed by atoms with Gasteiger partial charge in [-0.05, 0) is 31.3 Å². The standard InChI is InChI=1S/C14H17FN4O/c1-18(8-11-7-16-19(2)9-11)10-14(20)17-13-5-3-12(15)4-6-13/h3-7,9H,8,10H2,1-2H3,(H,17,20). The fourth-order valence-electron chi connectivity index (χ4n) is 1.90. The highest BCUT2D eigenvalue weighted by Crippen LogP contribution is 2.08. The molecule has 0 bridgehead atoms. The topological polar surface area (TPSA) is 50.2 Å². The lowest BCUT2D eigenvalue weighted by Gasteiger charge is -2.15. The Morgan fingerprint density at radius 3 is 2.70 bits per heavy atom. The summed E-state index contributed by atoms with van der Waals surface area (Å²) in [5.41, 5.74) is 1.63. The van der Waals surface area contributed by atoms with Crippen LogP contribution < -0.4 is 5.32 Å². The van der Waals surface area contributed by atoms with Gasteiger partial charge in [-0.2, -0.15) is 5.10 Å². The first-order valence-corrected chi connectivity index (χ1v) is 6.24. The van der Waals surface area contributed by atoms with Gasteiger partial charge >= 0.3 is 0 Å². The van der Waals surface area contributed by atoms with Gasteiger partial charge in [0.1, 0.15) is 5.82 Å². The van der Waals surface area contributed by atoms with Crippen LogP contribution >= 0.6 is 0 Å². The molecule has 0 aliphatic carbocycles. The van der Waals surface area contributed by atoms with Crippen molar-refractivity contribution in [2.45, 2.75) is 6.54 Å². The Morgan fingerprint density at radius 1 is 1.40 bits per heavy atom. The average Bonchev–Trinajstić information content (AvgIpc) is 2.77. The molecule has 106 valence electrons. The van der Waals surface area contributed by atoms with Crippen LogP contribution in [0.3, 0.4) is 0 Å². The van der Waals surface area contributed by atoms with E-state index in [2.05, 4.69) is 10.4 Å². The van der Waals surface area contributed by atoms with Crippen molar-refractivity contribution in [2.24, 2.45) is 7.05 Å². The molecule has 1 heterocycles. The van der Waals surface area contributed by atoms with Crippen LogP contribution in [0.15, 0.2) is 36.7 Å². The lowest BCUT2D eigenvalue weighted by molar-refractivity contribution is -0.117. The third-order valence-electron chi connectivity index (χ3n) is 2.75. The number of carbonyl (C=O) groups is 1. The molecule has 0 aliphatic heterocycles. The summed E-state index contributed by atoms with van der Waals surface area (Å²) >= 11 is 0. The van der Waals surface area contributed by atoms with Crippen LogP contribution in [-0.2, 0) is 18.4 Å². The van der Waals surface area contributed by atoms with Gasteiger partial charge in [-0.3, -0.25) is 14.4 Å². The molecule has 0 spiro atoms. The minimum Gasteiger partial charge on any atom is -0.325 e. The van der Waals surface area contributed by atoms with E-state index in [1.54, 1.807) is 10.9 Å². The van der Waals surface area contributed by atoms with E-state index >= 15 is 0 Å². The van der Waals surface area contributed by atoms with Crippen LogP contribution in [0.25, 0.3) is 0 Å². The Hall–Kier alpha value is -2.21. The number of aryl methyl sites for hydroxylation is 1. The Balaban J connectivity index is 1.83. The number of carbonyl (C=O) groups excluding carboxylic acids is 1. The van der Waals surface area contributed by atoms with Crippen LogP contribution in [0.1, 0.15) is 5.56 Å². The Labute approximate surface area is 117 Å². The summed E-state index contributed by atoms with van der Waals surface area (Å²) < 4.78 is 14.5. The number of likely N-dealkylation sites (N-methyl/N-ethyl adjacent to an activating group) is 1. The summed E-state index contributed by atoms with van der Waals surface area (Å²) in [5.74, 6) is -0.459. The van der Waals surface area contributed by atoms with Gasteiger partial charge in [0.15, 0.2) is 0 Å². The highest BCUT2D eigenvalue weighted by atomic mass is 19.1. The van der Waals surface area contributed by atoms with Gasteiger partial charge in [-0.1, -0.05) is 0 Å². The Morgan fingerprint density at radius 2 is 2.10 bits per heavy atom. The van der Waals surface area contributed by atoms with Crippen LogP contribution in [-0.4, -0.2) is 34.2 Å². The van der Waals surface area contributed by atoms with Crippen molar-refractivity contribution in [3.8, 4) is 0 Å². The lowest BCUT2D eigenvalue weighted by Crippen LogP contribution is -2.29. The molecule has 2 rings (SSSR count). The predicted molar refractivity (Wildman–Crippen MR) is 74.6 cm³/mol. The maximum Gasteiger partial charge on any atom is 0.238 e. The fourth-order valence-corrected chi connectivity index (χ4v) is 1.90. The zero-order valence-corrected chi connectivity index (χ0v) is 11.5. The maximum atomic E-state index is 12.7. The number of nitrogens with one attached hydrogen (secondary N) is 1. The molecule has 0 aliphatic rings. The summed E-state index contributed by atoms with van der Waals surface area (Å²) in [7, 11) is 3.71. The largest absolute Gasteiger partial charge is 0.325 e. The van der Waals surface area contributed by atoms with Crippen LogP contribution in [0.2, 0.25) is 0 Å². The second kappa shape index (κ2) is 6.29. The van der Waals surface area contributed by atoms with Gasteiger partial charge in [0, 0.05) is 31.0 Å². The van der Waals surface area contributed by atoms with E-state index < -0.39 is 0 Å². The molecular weight excluding hydrogens is 259 g/mol. The molecule has 6 heteroatoms. The number of rotatable bonds is 5. The molecule has 1 aromatic carbocycles. The molecule has 1 aromatic heterocycles. The normalized spacial score (nSPS) is 10.8. The maximum absolute atomic E-state index is 12.7. The fraction of sp³-hybridized carbons (Fsp3) is 0.286. The number of anilines is 1. The van der Waals surface area contributed by atoms with E-state index in [-0.39, 0.29) is 18.3 Å². The van der Waals surface area contributed by atoms with Gasteiger partial charge in [-0.25, -0.2) is 4.39 Å². The molecule has 0 saturated carbocycles. The molecule has 1 N–H and O–H groups in total. The molecule has 5 nitrogen and oxygen atoms in total. The molecule has 0 saturated heterocycles. The van der Waals surface area contributed by atoms with E-state index in [4.69, 9.17) is 0 Å². The minimum atomic E-state index is -0.323. The van der Waals surface area contributed by atoms with Crippen molar-refractivity contribution in [2.75, 3.05) is 18.9 Å². The molecule has 2 aromatic rings. The lowest BCUT2D eigenvalue weighted by atomic mass is 10.3. The first-order valence-electron chi connectivity index (χ1n) is 6.24. The number of hydrogen-bond acceptors (Lipinski definition) is 3. The molecule has 1 amide bonds. The molecule has 0 fully saturated rings. The molecule has 20 heavy (non-hydrogen) atoms. The third kappa shape index (κ3) is 4.17. The van der Waals surface area contributed by atoms with Crippen LogP contribution in [0.5, 0.6) is 0 Å². The average molecular weight is 276 g/mol. The number of aromatic nitrogens is 2. The van der Waals surface area contributed by atoms with Gasteiger partial charge in [-0.15, -0.1) is 0 Å². The zero-order chi connectivity index (χ0) is 14.5. The summed E-state index contributed by atoms with van der Waals surface area (Å²) in [6.07, 6.45) is 3.68. The van der Waals surface area contributed by atoms with Crippen molar-refractivity contribution in [3.05, 3.63) is 48.0 Å². The first kappa shape index (κ1) is 14.2. The minimum absolute atomic E-state index is 0.136. The van der Waals surface area contributed by atoms with E-state index in [0.29, 0.717) is 12.2 Å². The van der Waals surface area contributed by atoms with Gasteiger partial charge in [0.05, 0.1) is 12.7 Å². The number of amides is 1. The van der Waals surface area contributed by atoms with Crippen molar-refractivity contribution in [1.29, 1.82) is 0 Å². The summed E-state index contributed by atoms with van der Waals surface area (Å²) in [6.45, 7) is 0.900. The molecular formula is C14H17FN4O. The molecule has 0 unspecified atom stereocenters. The van der Waals surface area contributed by atoms with Crippen molar-refractivity contribution < 1.29 is 9.18 Å². The predicted octanol–water partition coefficient (Wildman–Crippen LogP) is 1.63. The molecule has 0 atom stereocenters. The number of halogens is 1. The zero-order valence-electron chi connectivity index (χ0n) is 11.5. The summed E-state index contributed by atoms with van der Waals surface area (Å²) in [4.78, 5) is 13.7. The summed E-state index contributed by atoms with van der Waals surface area (Å²) in [6, 6.07) is 5.70. The van der Waals surface area contributed by atoms with E-state index in [0.717, 1.165) is 5.56 Å². The smallest absolute Gasteiger partial charge is 0.238 e. The van der Waals surface area contributed by atoms with E-state index in [1.807, 2.05) is 25.2 Å². The quantitative estimate of drug-likeness (QED) is 0.903. The number of benzene rings is 1. The van der Waals surface area contributed by atoms with Gasteiger partial charge < -0.3 is 5.32 Å². The van der Waals surface area contributed by atoms with Crippen molar-refractivity contribution >= 4 is 11.6 Å². The molecule has 0 radical (unpaired) electrons. The van der Waals surface area contributed by atoms with Crippen LogP contribution in [0, 0.1) is 5.82 Å². The van der Waals surface area contributed by atoms with Crippen LogP contribution in [0.4, 0.5) is 10.1 Å². The Bertz CT molecular complexity index is 579. The number of hydrogen-bond donors (Lipinski definition) is 1. The second-order valence-electron chi connectivity index (χ2n) is 4.75. The van der Waals surface area contributed by atoms with E-state index in [9.17, 15) is 9.18 Å². The van der Waals surface area contributed by atoms with Gasteiger partial charge in [0.2, 0.25) is 5.91 Å². The highest BCUT2D eigenvalue weighted by molar-refractivity contribution is 5.92. The Kier molecular flexibility index (Phi) is 4.47. The SMILES string of the molecule is CN(CC(=O)Nc1ccc(F)cc1)Cc1cnn(C)c1. The monoisotopic (exact) mass is 276 g/mol. The van der Waals surface area contributed by atoms with Crippen molar-refractivity contribution in [3.63, 3.8) is 0 Å². The number of nitrogens with zero attached hydrogens (tertiary/aromatic N) is 3.